The minimum Gasteiger partial charge on any atom is -0.496 e. The van der Waals surface area contributed by atoms with Crippen molar-refractivity contribution in [2.24, 2.45) is 0 Å². The highest BCUT2D eigenvalue weighted by Crippen LogP contribution is 2.32. The van der Waals surface area contributed by atoms with Crippen LogP contribution in [0.1, 0.15) is 42.9 Å². The van der Waals surface area contributed by atoms with Gasteiger partial charge in [0.15, 0.2) is 0 Å². The first kappa shape index (κ1) is 23.2. The molecule has 3 aromatic rings. The van der Waals surface area contributed by atoms with E-state index in [0.717, 1.165) is 44.8 Å². The zero-order chi connectivity index (χ0) is 22.7. The van der Waals surface area contributed by atoms with Gasteiger partial charge in [-0.2, -0.15) is 0 Å². The fourth-order valence-electron chi connectivity index (χ4n) is 4.74. The molecule has 1 aromatic heterocycles. The Balaban J connectivity index is 1.37. The van der Waals surface area contributed by atoms with Gasteiger partial charge in [0.05, 0.1) is 13.2 Å². The Morgan fingerprint density at radius 1 is 0.970 bits per heavy atom. The number of para-hydroxylation sites is 1. The van der Waals surface area contributed by atoms with Crippen LogP contribution in [0.4, 0.5) is 5.95 Å². The van der Waals surface area contributed by atoms with E-state index in [4.69, 9.17) is 4.74 Å². The number of nitrogens with one attached hydrogen (secondary N) is 2. The van der Waals surface area contributed by atoms with Crippen molar-refractivity contribution in [1.82, 2.24) is 20.2 Å². The Morgan fingerprint density at radius 2 is 1.76 bits per heavy atom. The Kier molecular flexibility index (Phi) is 8.67. The molecule has 0 aliphatic carbocycles. The highest BCUT2D eigenvalue weighted by atomic mass is 16.5. The van der Waals surface area contributed by atoms with Gasteiger partial charge in [0, 0.05) is 37.1 Å². The van der Waals surface area contributed by atoms with Crippen molar-refractivity contribution in [1.29, 1.82) is 0 Å². The fourth-order valence-corrected chi connectivity index (χ4v) is 4.74. The zero-order valence-corrected chi connectivity index (χ0v) is 19.5. The number of aromatic nitrogens is 2. The van der Waals surface area contributed by atoms with Gasteiger partial charge >= 0.3 is 0 Å². The number of unbranched alkanes of at least 4 members (excludes halogenated alkanes) is 1. The molecule has 0 bridgehead atoms. The molecule has 1 aliphatic rings. The summed E-state index contributed by atoms with van der Waals surface area (Å²) in [5.41, 5.74) is 2.60. The number of benzene rings is 2. The van der Waals surface area contributed by atoms with Crippen LogP contribution in [0.25, 0.3) is 0 Å². The maximum atomic E-state index is 5.56. The molecule has 2 aromatic carbocycles. The molecule has 1 aliphatic heterocycles. The zero-order valence-electron chi connectivity index (χ0n) is 19.5. The third-order valence-corrected chi connectivity index (χ3v) is 6.34. The molecule has 6 heteroatoms. The van der Waals surface area contributed by atoms with Crippen molar-refractivity contribution in [3.05, 3.63) is 84.2 Å². The molecule has 0 radical (unpaired) electrons. The quantitative estimate of drug-likeness (QED) is 0.418. The predicted octanol–water partition coefficient (Wildman–Crippen LogP) is 4.67. The average Bonchev–Trinajstić information content (AvgIpc) is 2.88. The van der Waals surface area contributed by atoms with Crippen LogP contribution in [-0.2, 0) is 6.54 Å². The van der Waals surface area contributed by atoms with E-state index < -0.39 is 0 Å². The van der Waals surface area contributed by atoms with Gasteiger partial charge < -0.3 is 15.4 Å². The predicted molar refractivity (Wildman–Crippen MR) is 133 cm³/mol. The summed E-state index contributed by atoms with van der Waals surface area (Å²) in [4.78, 5) is 11.1. The second-order valence-electron chi connectivity index (χ2n) is 8.54. The Labute approximate surface area is 197 Å². The number of hydrogen-bond acceptors (Lipinski definition) is 6. The molecular formula is C27H35N5O. The number of anilines is 1. The number of ether oxygens (including phenoxy) is 1. The van der Waals surface area contributed by atoms with Crippen LogP contribution in [0.15, 0.2) is 73.1 Å². The van der Waals surface area contributed by atoms with E-state index in [0.29, 0.717) is 18.0 Å². The minimum atomic E-state index is 0.375. The first-order valence-corrected chi connectivity index (χ1v) is 12.0. The summed E-state index contributed by atoms with van der Waals surface area (Å²) in [5.74, 6) is 1.65. The topological polar surface area (TPSA) is 62.3 Å². The van der Waals surface area contributed by atoms with Crippen LogP contribution in [0.2, 0.25) is 0 Å². The number of hydrogen-bond donors (Lipinski definition) is 2. The Bertz CT molecular complexity index is 953. The van der Waals surface area contributed by atoms with Gasteiger partial charge in [-0.3, -0.25) is 4.90 Å². The van der Waals surface area contributed by atoms with Crippen molar-refractivity contribution >= 4 is 5.95 Å². The van der Waals surface area contributed by atoms with Crippen molar-refractivity contribution in [3.8, 4) is 5.75 Å². The van der Waals surface area contributed by atoms with Gasteiger partial charge in [-0.15, -0.1) is 0 Å². The first-order chi connectivity index (χ1) is 16.3. The van der Waals surface area contributed by atoms with E-state index in [-0.39, 0.29) is 0 Å². The van der Waals surface area contributed by atoms with Gasteiger partial charge in [0.25, 0.3) is 0 Å². The molecule has 2 atom stereocenters. The number of methoxy groups -OCH3 is 1. The van der Waals surface area contributed by atoms with Crippen LogP contribution < -0.4 is 15.4 Å². The van der Waals surface area contributed by atoms with E-state index in [1.165, 1.54) is 24.0 Å². The highest BCUT2D eigenvalue weighted by molar-refractivity contribution is 5.33. The molecule has 1 saturated heterocycles. The standard InChI is InChI=1S/C27H35N5O/c1-33-25-15-6-5-13-23(25)21-31-24-14-9-20-32(26(24)22-11-3-2-4-12-22)19-8-7-16-28-27-29-17-10-18-30-27/h2-6,10-13,15,17-18,24,26,31H,7-9,14,16,19-21H2,1H3,(H,28,29,30). The van der Waals surface area contributed by atoms with Crippen LogP contribution in [0.3, 0.4) is 0 Å². The van der Waals surface area contributed by atoms with E-state index in [9.17, 15) is 0 Å². The molecule has 0 saturated carbocycles. The molecule has 6 nitrogen and oxygen atoms in total. The van der Waals surface area contributed by atoms with Gasteiger partial charge in [0.2, 0.25) is 5.95 Å². The smallest absolute Gasteiger partial charge is 0.222 e. The monoisotopic (exact) mass is 445 g/mol. The van der Waals surface area contributed by atoms with Gasteiger partial charge in [-0.1, -0.05) is 48.5 Å². The average molecular weight is 446 g/mol. The van der Waals surface area contributed by atoms with Gasteiger partial charge in [-0.25, -0.2) is 9.97 Å². The normalized spacial score (nSPS) is 18.7. The molecule has 4 rings (SSSR count). The molecular weight excluding hydrogens is 410 g/mol. The molecule has 2 heterocycles. The number of piperidine rings is 1. The minimum absolute atomic E-state index is 0.375. The summed E-state index contributed by atoms with van der Waals surface area (Å²) in [6.45, 7) is 3.93. The number of nitrogens with zero attached hydrogens (tertiary/aromatic N) is 3. The Hall–Kier alpha value is -2.96. The lowest BCUT2D eigenvalue weighted by molar-refractivity contribution is 0.109. The summed E-state index contributed by atoms with van der Waals surface area (Å²) >= 11 is 0. The van der Waals surface area contributed by atoms with Crippen molar-refractivity contribution in [2.75, 3.05) is 32.1 Å². The number of rotatable bonds is 11. The van der Waals surface area contributed by atoms with E-state index in [2.05, 4.69) is 68.0 Å². The summed E-state index contributed by atoms with van der Waals surface area (Å²) in [6.07, 6.45) is 8.16. The number of likely N-dealkylation sites (tertiary alicyclic amines) is 1. The molecule has 1 fully saturated rings. The van der Waals surface area contributed by atoms with Crippen molar-refractivity contribution in [2.45, 2.75) is 44.3 Å². The second kappa shape index (κ2) is 12.3. The second-order valence-corrected chi connectivity index (χ2v) is 8.54. The molecule has 0 amide bonds. The van der Waals surface area contributed by atoms with E-state index >= 15 is 0 Å². The van der Waals surface area contributed by atoms with Gasteiger partial charge in [-0.05, 0) is 56.5 Å². The summed E-state index contributed by atoms with van der Waals surface area (Å²) in [7, 11) is 1.74. The van der Waals surface area contributed by atoms with Crippen molar-refractivity contribution < 1.29 is 4.74 Å². The van der Waals surface area contributed by atoms with Crippen molar-refractivity contribution in [3.63, 3.8) is 0 Å². The molecule has 0 spiro atoms. The summed E-state index contributed by atoms with van der Waals surface area (Å²) < 4.78 is 5.56. The summed E-state index contributed by atoms with van der Waals surface area (Å²) in [5, 5.41) is 7.18. The van der Waals surface area contributed by atoms with E-state index in [1.54, 1.807) is 19.5 Å². The SMILES string of the molecule is COc1ccccc1CNC1CCCN(CCCCNc2ncccn2)C1c1ccccc1. The summed E-state index contributed by atoms with van der Waals surface area (Å²) in [6, 6.07) is 21.9. The third kappa shape index (κ3) is 6.53. The molecule has 174 valence electrons. The largest absolute Gasteiger partial charge is 0.496 e. The van der Waals surface area contributed by atoms with Crippen LogP contribution in [-0.4, -0.2) is 47.7 Å². The highest BCUT2D eigenvalue weighted by Gasteiger charge is 2.32. The third-order valence-electron chi connectivity index (χ3n) is 6.34. The first-order valence-electron chi connectivity index (χ1n) is 12.0. The molecule has 33 heavy (non-hydrogen) atoms. The molecule has 2 N–H and O–H groups in total. The Morgan fingerprint density at radius 3 is 2.58 bits per heavy atom. The maximum absolute atomic E-state index is 5.56. The molecule has 2 unspecified atom stereocenters. The fraction of sp³-hybridized carbons (Fsp3) is 0.407. The van der Waals surface area contributed by atoms with E-state index in [1.807, 2.05) is 18.2 Å². The lowest BCUT2D eigenvalue weighted by Gasteiger charge is -2.42. The maximum Gasteiger partial charge on any atom is 0.222 e. The van der Waals surface area contributed by atoms with Gasteiger partial charge in [0.1, 0.15) is 5.75 Å². The lowest BCUT2D eigenvalue weighted by Crippen LogP contribution is -2.48. The van der Waals surface area contributed by atoms with Crippen LogP contribution >= 0.6 is 0 Å². The van der Waals surface area contributed by atoms with Crippen LogP contribution in [0.5, 0.6) is 5.75 Å². The lowest BCUT2D eigenvalue weighted by atomic mass is 9.89. The van der Waals surface area contributed by atoms with Crippen LogP contribution in [0, 0.1) is 0 Å².